The normalized spacial score (nSPS) is 24.4. The van der Waals surface area contributed by atoms with Gasteiger partial charge in [0.25, 0.3) is 0 Å². The summed E-state index contributed by atoms with van der Waals surface area (Å²) in [6, 6.07) is 41.4. The quantitative estimate of drug-likeness (QED) is 0.142. The van der Waals surface area contributed by atoms with Gasteiger partial charge in [0.2, 0.25) is 0 Å². The van der Waals surface area contributed by atoms with E-state index in [9.17, 15) is 5.11 Å². The van der Waals surface area contributed by atoms with Crippen LogP contribution < -0.4 is 10.6 Å². The Morgan fingerprint density at radius 2 is 1.17 bits per heavy atom. The fourth-order valence-electron chi connectivity index (χ4n) is 6.21. The monoisotopic (exact) mass is 590 g/mol. The van der Waals surface area contributed by atoms with Gasteiger partial charge >= 0.3 is 15.1 Å². The van der Waals surface area contributed by atoms with E-state index < -0.39 is 20.4 Å². The maximum atomic E-state index is 10.5. The van der Waals surface area contributed by atoms with Gasteiger partial charge in [-0.2, -0.15) is 0 Å². The van der Waals surface area contributed by atoms with Crippen LogP contribution in [-0.4, -0.2) is 51.0 Å². The number of hydrogen-bond acceptors (Lipinski definition) is 2. The van der Waals surface area contributed by atoms with Gasteiger partial charge in [0, 0.05) is 24.9 Å². The standard InChI is InChI=1S/C18H21BOP.C10H13BP.C8H8O/c19-21(16-10-5-2-6-11-16)13-7-12-17(21)14-18(20)15-8-3-1-4-9-15;11-12(8-4-5-9-12)10-6-2-1-3-7-10;1-2-4-7(5-3-1)8-6-9-8/h1-6,8-11,17-18,20H,7,12-14H2;1-3,6-7H,4-5,8-9H2;1-5,8H,6H2/q2*+1;/t17?,18-,21?;;8-/m1.1/s1. The topological polar surface area (TPSA) is 32.8 Å². The minimum atomic E-state index is -1.62. The van der Waals surface area contributed by atoms with Crippen LogP contribution in [0.4, 0.5) is 0 Å². The first-order chi connectivity index (χ1) is 20.5. The number of rotatable bonds is 6. The smallest absolute Gasteiger partial charge is 0.371 e. The molecule has 4 radical (unpaired) electrons. The second-order valence-corrected chi connectivity index (χ2v) is 18.7. The molecule has 212 valence electrons. The van der Waals surface area contributed by atoms with Crippen LogP contribution in [0.25, 0.3) is 0 Å². The summed E-state index contributed by atoms with van der Waals surface area (Å²) in [7, 11) is 10.5. The Morgan fingerprint density at radius 1 is 0.667 bits per heavy atom. The number of aliphatic hydroxyl groups excluding tert-OH is 1. The lowest BCUT2D eigenvalue weighted by Gasteiger charge is -2.27. The largest absolute Gasteiger partial charge is 0.388 e. The van der Waals surface area contributed by atoms with Crippen molar-refractivity contribution in [2.24, 2.45) is 0 Å². The molecule has 7 rings (SSSR count). The van der Waals surface area contributed by atoms with Gasteiger partial charge in [0.05, 0.1) is 29.0 Å². The molecule has 3 fully saturated rings. The van der Waals surface area contributed by atoms with Crippen LogP contribution in [-0.2, 0) is 4.74 Å². The molecule has 4 atom stereocenters. The number of aliphatic hydroxyl groups is 1. The number of benzene rings is 4. The fraction of sp³-hybridized carbons (Fsp3) is 0.333. The molecule has 0 amide bonds. The molecule has 3 aliphatic heterocycles. The van der Waals surface area contributed by atoms with Crippen LogP contribution in [0, 0.1) is 0 Å². The van der Waals surface area contributed by atoms with Crippen molar-refractivity contribution in [1.82, 2.24) is 0 Å². The first kappa shape index (κ1) is 31.2. The van der Waals surface area contributed by atoms with Crippen molar-refractivity contribution >= 4 is 40.0 Å². The zero-order valence-corrected chi connectivity index (χ0v) is 26.3. The van der Waals surface area contributed by atoms with Crippen molar-refractivity contribution in [1.29, 1.82) is 0 Å². The average molecular weight is 590 g/mol. The highest BCUT2D eigenvalue weighted by Crippen LogP contribution is 2.65. The van der Waals surface area contributed by atoms with Crippen molar-refractivity contribution in [3.8, 4) is 0 Å². The lowest BCUT2D eigenvalue weighted by atomic mass is 10.0. The summed E-state index contributed by atoms with van der Waals surface area (Å²) in [5.41, 5.74) is 2.75. The van der Waals surface area contributed by atoms with E-state index in [2.05, 4.69) is 66.7 Å². The average Bonchev–Trinajstić information content (AvgIpc) is 3.71. The first-order valence-electron chi connectivity index (χ1n) is 15.3. The third-order valence-corrected chi connectivity index (χ3v) is 16.4. The molecule has 3 saturated heterocycles. The molecule has 0 spiro atoms. The molecule has 4 aromatic rings. The molecule has 0 bridgehead atoms. The summed E-state index contributed by atoms with van der Waals surface area (Å²) >= 11 is 0. The highest BCUT2D eigenvalue weighted by molar-refractivity contribution is 8.04. The summed E-state index contributed by atoms with van der Waals surface area (Å²) in [5, 5.41) is 13.3. The van der Waals surface area contributed by atoms with Gasteiger partial charge in [-0.05, 0) is 75.4 Å². The lowest BCUT2D eigenvalue weighted by molar-refractivity contribution is 0.166. The molecule has 2 nitrogen and oxygen atoms in total. The highest BCUT2D eigenvalue weighted by Gasteiger charge is 2.47. The summed E-state index contributed by atoms with van der Waals surface area (Å²) in [6.07, 6.45) is 9.42. The van der Waals surface area contributed by atoms with Crippen molar-refractivity contribution in [3.63, 3.8) is 0 Å². The first-order valence-corrected chi connectivity index (χ1v) is 19.6. The van der Waals surface area contributed by atoms with Crippen LogP contribution in [0.2, 0.25) is 0 Å². The number of ether oxygens (including phenoxy) is 1. The Balaban J connectivity index is 0.000000140. The van der Waals surface area contributed by atoms with Crippen molar-refractivity contribution in [2.75, 3.05) is 25.1 Å². The number of hydrogen-bond donors (Lipinski definition) is 1. The van der Waals surface area contributed by atoms with E-state index >= 15 is 0 Å². The highest BCUT2D eigenvalue weighted by atomic mass is 31.2. The van der Waals surface area contributed by atoms with E-state index in [4.69, 9.17) is 19.9 Å². The summed E-state index contributed by atoms with van der Waals surface area (Å²) < 4.78 is 5.09. The van der Waals surface area contributed by atoms with Crippen molar-refractivity contribution in [2.45, 2.75) is 50.0 Å². The third-order valence-electron chi connectivity index (χ3n) is 8.77. The predicted octanol–water partition coefficient (Wildman–Crippen LogP) is 7.66. The van der Waals surface area contributed by atoms with Gasteiger partial charge in [0.15, 0.2) is 0 Å². The molecule has 3 heterocycles. The van der Waals surface area contributed by atoms with Crippen LogP contribution >= 0.6 is 14.3 Å². The molecule has 3 aliphatic rings. The maximum absolute atomic E-state index is 10.5. The molecular formula is C36H42B2O2P2+2. The molecular weight excluding hydrogens is 548 g/mol. The fourth-order valence-corrected chi connectivity index (χ4v) is 13.0. The van der Waals surface area contributed by atoms with Crippen LogP contribution in [0.15, 0.2) is 121 Å². The van der Waals surface area contributed by atoms with E-state index in [1.807, 2.05) is 54.6 Å². The number of epoxide rings is 1. The zero-order chi connectivity index (χ0) is 29.3. The van der Waals surface area contributed by atoms with Gasteiger partial charge in [0.1, 0.15) is 6.10 Å². The van der Waals surface area contributed by atoms with Crippen LogP contribution in [0.5, 0.6) is 0 Å². The van der Waals surface area contributed by atoms with Crippen molar-refractivity contribution < 1.29 is 9.84 Å². The Bertz CT molecular complexity index is 1330. The molecule has 42 heavy (non-hydrogen) atoms. The minimum absolute atomic E-state index is 0.402. The molecule has 2 unspecified atom stereocenters. The van der Waals surface area contributed by atoms with Gasteiger partial charge in [-0.1, -0.05) is 97.1 Å². The second kappa shape index (κ2) is 15.0. The van der Waals surface area contributed by atoms with Gasteiger partial charge in [-0.25, -0.2) is 0 Å². The molecule has 6 heteroatoms. The van der Waals surface area contributed by atoms with E-state index in [0.29, 0.717) is 11.8 Å². The molecule has 0 aromatic heterocycles. The molecule has 0 aliphatic carbocycles. The molecule has 1 N–H and O–H groups in total. The van der Waals surface area contributed by atoms with E-state index in [0.717, 1.165) is 31.2 Å². The SMILES string of the molecule is [B][P+]1(c2ccccc2)CCCC1.[B][P+]1(c2ccccc2)CCCC1C[C@@H](O)c1ccccc1.c1ccc([C@H]2CO2)cc1. The third kappa shape index (κ3) is 8.24. The summed E-state index contributed by atoms with van der Waals surface area (Å²) in [5.74, 6) is 0. The Hall–Kier alpha value is -2.21. The van der Waals surface area contributed by atoms with Crippen LogP contribution in [0.3, 0.4) is 0 Å². The zero-order valence-electron chi connectivity index (χ0n) is 24.5. The van der Waals surface area contributed by atoms with Crippen LogP contribution in [0.1, 0.15) is 55.4 Å². The van der Waals surface area contributed by atoms with Gasteiger partial charge in [-0.3, -0.25) is 0 Å². The van der Waals surface area contributed by atoms with Gasteiger partial charge in [-0.15, -0.1) is 0 Å². The van der Waals surface area contributed by atoms with E-state index in [1.165, 1.54) is 47.8 Å². The predicted molar refractivity (Wildman–Crippen MR) is 186 cm³/mol. The van der Waals surface area contributed by atoms with Gasteiger partial charge < -0.3 is 9.84 Å². The lowest BCUT2D eigenvalue weighted by Crippen LogP contribution is -2.22. The summed E-state index contributed by atoms with van der Waals surface area (Å²) in [6.45, 7) is 0.907. The minimum Gasteiger partial charge on any atom is -0.388 e. The summed E-state index contributed by atoms with van der Waals surface area (Å²) in [4.78, 5) is 0. The molecule has 4 aromatic carbocycles. The molecule has 0 saturated carbocycles. The van der Waals surface area contributed by atoms with E-state index in [-0.39, 0.29) is 0 Å². The Kier molecular flexibility index (Phi) is 11.1. The Labute approximate surface area is 256 Å². The second-order valence-electron chi connectivity index (χ2n) is 11.7. The van der Waals surface area contributed by atoms with Crippen molar-refractivity contribution in [3.05, 3.63) is 132 Å². The Morgan fingerprint density at radius 3 is 1.71 bits per heavy atom. The maximum Gasteiger partial charge on any atom is 0.371 e. The van der Waals surface area contributed by atoms with E-state index in [1.54, 1.807) is 0 Å².